The fourth-order valence-electron chi connectivity index (χ4n) is 2.11. The van der Waals surface area contributed by atoms with Gasteiger partial charge in [-0.15, -0.1) is 0 Å². The molecule has 3 heteroatoms. The van der Waals surface area contributed by atoms with Gasteiger partial charge in [0.25, 0.3) is 0 Å². The molecule has 0 saturated heterocycles. The lowest BCUT2D eigenvalue weighted by atomic mass is 10.1. The van der Waals surface area contributed by atoms with Crippen LogP contribution in [0.5, 0.6) is 0 Å². The molecule has 1 amide bonds. The third-order valence-corrected chi connectivity index (χ3v) is 3.09. The quantitative estimate of drug-likeness (QED) is 0.881. The van der Waals surface area contributed by atoms with Crippen LogP contribution in [0.1, 0.15) is 25.8 Å². The molecule has 0 saturated carbocycles. The first-order valence-electron chi connectivity index (χ1n) is 6.37. The minimum absolute atomic E-state index is 0.204. The number of fused-ring (bicyclic) bond motifs is 1. The Hall–Kier alpha value is -1.77. The van der Waals surface area contributed by atoms with Crippen LogP contribution in [0.2, 0.25) is 0 Å². The van der Waals surface area contributed by atoms with E-state index in [-0.39, 0.29) is 5.91 Å². The lowest BCUT2D eigenvalue weighted by molar-refractivity contribution is -0.131. The molecule has 0 aliphatic rings. The Labute approximate surface area is 108 Å². The van der Waals surface area contributed by atoms with E-state index in [4.69, 9.17) is 0 Å². The number of nitrogens with one attached hydrogen (secondary N) is 1. The lowest BCUT2D eigenvalue weighted by Gasteiger charge is -2.18. The highest BCUT2D eigenvalue weighted by Gasteiger charge is 2.12. The Morgan fingerprint density at radius 3 is 2.78 bits per heavy atom. The summed E-state index contributed by atoms with van der Waals surface area (Å²) in [6.07, 6.45) is 2.60. The number of aromatic amines is 1. The van der Waals surface area contributed by atoms with Crippen molar-refractivity contribution in [1.82, 2.24) is 9.88 Å². The molecule has 0 bridgehead atoms. The molecule has 0 atom stereocenters. The van der Waals surface area contributed by atoms with Gasteiger partial charge in [0.1, 0.15) is 0 Å². The van der Waals surface area contributed by atoms with Crippen LogP contribution >= 0.6 is 0 Å². The summed E-state index contributed by atoms with van der Waals surface area (Å²) in [6.45, 7) is 4.80. The summed E-state index contributed by atoms with van der Waals surface area (Å²) in [5.41, 5.74) is 2.29. The molecule has 1 N–H and O–H groups in total. The molecule has 0 fully saturated rings. The molecule has 1 heterocycles. The molecule has 0 aliphatic heterocycles. The number of benzene rings is 1. The van der Waals surface area contributed by atoms with Crippen molar-refractivity contribution in [3.63, 3.8) is 0 Å². The largest absolute Gasteiger partial charge is 0.361 e. The van der Waals surface area contributed by atoms with Gasteiger partial charge >= 0.3 is 0 Å². The van der Waals surface area contributed by atoms with Crippen LogP contribution in [0, 0.1) is 5.92 Å². The van der Waals surface area contributed by atoms with E-state index in [1.807, 2.05) is 25.4 Å². The van der Waals surface area contributed by atoms with Gasteiger partial charge < -0.3 is 9.88 Å². The van der Waals surface area contributed by atoms with E-state index in [2.05, 4.69) is 31.0 Å². The average Bonchev–Trinajstić information content (AvgIpc) is 2.72. The van der Waals surface area contributed by atoms with E-state index in [0.29, 0.717) is 18.9 Å². The Morgan fingerprint density at radius 1 is 1.33 bits per heavy atom. The van der Waals surface area contributed by atoms with E-state index in [1.54, 1.807) is 4.90 Å². The Bertz CT molecular complexity index is 542. The SMILES string of the molecule is CC(C)CC(=O)N(C)Cc1c[nH]c2ccccc12. The summed E-state index contributed by atoms with van der Waals surface area (Å²) in [5.74, 6) is 0.609. The molecule has 0 radical (unpaired) electrons. The number of H-pyrrole nitrogens is 1. The molecule has 2 rings (SSSR count). The minimum Gasteiger partial charge on any atom is -0.361 e. The van der Waals surface area contributed by atoms with Gasteiger partial charge in [0.2, 0.25) is 5.91 Å². The normalized spacial score (nSPS) is 11.1. The second kappa shape index (κ2) is 5.25. The van der Waals surface area contributed by atoms with E-state index < -0.39 is 0 Å². The Kier molecular flexibility index (Phi) is 3.70. The van der Waals surface area contributed by atoms with Gasteiger partial charge in [0.15, 0.2) is 0 Å². The van der Waals surface area contributed by atoms with Crippen molar-refractivity contribution in [2.45, 2.75) is 26.8 Å². The molecule has 2 aromatic rings. The zero-order valence-electron chi connectivity index (χ0n) is 11.2. The molecule has 0 aliphatic carbocycles. The smallest absolute Gasteiger partial charge is 0.222 e. The molecule has 1 aromatic carbocycles. The van der Waals surface area contributed by atoms with E-state index >= 15 is 0 Å². The predicted octanol–water partition coefficient (Wildman–Crippen LogP) is 3.17. The van der Waals surface area contributed by atoms with Crippen LogP contribution in [0.3, 0.4) is 0 Å². The van der Waals surface area contributed by atoms with E-state index in [9.17, 15) is 4.79 Å². The molecule has 96 valence electrons. The van der Waals surface area contributed by atoms with E-state index in [0.717, 1.165) is 5.52 Å². The highest BCUT2D eigenvalue weighted by atomic mass is 16.2. The highest BCUT2D eigenvalue weighted by molar-refractivity contribution is 5.84. The van der Waals surface area contributed by atoms with Crippen molar-refractivity contribution < 1.29 is 4.79 Å². The van der Waals surface area contributed by atoms with Gasteiger partial charge in [-0.25, -0.2) is 0 Å². The first-order valence-corrected chi connectivity index (χ1v) is 6.37. The summed E-state index contributed by atoms with van der Waals surface area (Å²) in [4.78, 5) is 17.0. The van der Waals surface area contributed by atoms with Crippen molar-refractivity contribution in [3.05, 3.63) is 36.0 Å². The number of hydrogen-bond acceptors (Lipinski definition) is 1. The van der Waals surface area contributed by atoms with Crippen molar-refractivity contribution in [2.24, 2.45) is 5.92 Å². The maximum absolute atomic E-state index is 11.9. The van der Waals surface area contributed by atoms with Crippen molar-refractivity contribution in [2.75, 3.05) is 7.05 Å². The molecule has 18 heavy (non-hydrogen) atoms. The maximum atomic E-state index is 11.9. The molecular weight excluding hydrogens is 224 g/mol. The maximum Gasteiger partial charge on any atom is 0.222 e. The van der Waals surface area contributed by atoms with Gasteiger partial charge in [0.05, 0.1) is 0 Å². The average molecular weight is 244 g/mol. The van der Waals surface area contributed by atoms with Crippen molar-refractivity contribution in [3.8, 4) is 0 Å². The number of para-hydroxylation sites is 1. The van der Waals surface area contributed by atoms with Crippen molar-refractivity contribution in [1.29, 1.82) is 0 Å². The molecule has 1 aromatic heterocycles. The third-order valence-electron chi connectivity index (χ3n) is 3.09. The van der Waals surface area contributed by atoms with Crippen LogP contribution in [0.4, 0.5) is 0 Å². The van der Waals surface area contributed by atoms with Gasteiger partial charge in [-0.05, 0) is 17.5 Å². The number of hydrogen-bond donors (Lipinski definition) is 1. The number of nitrogens with zero attached hydrogens (tertiary/aromatic N) is 1. The van der Waals surface area contributed by atoms with Crippen LogP contribution in [0.15, 0.2) is 30.5 Å². The van der Waals surface area contributed by atoms with Gasteiger partial charge in [0, 0.05) is 37.1 Å². The third kappa shape index (κ3) is 2.73. The summed E-state index contributed by atoms with van der Waals surface area (Å²) in [7, 11) is 1.87. The number of amides is 1. The lowest BCUT2D eigenvalue weighted by Crippen LogP contribution is -2.27. The fraction of sp³-hybridized carbons (Fsp3) is 0.400. The second-order valence-corrected chi connectivity index (χ2v) is 5.21. The summed E-state index contributed by atoms with van der Waals surface area (Å²) >= 11 is 0. The fourth-order valence-corrected chi connectivity index (χ4v) is 2.11. The molecule has 0 spiro atoms. The zero-order valence-corrected chi connectivity index (χ0v) is 11.2. The predicted molar refractivity (Wildman–Crippen MR) is 74.2 cm³/mol. The first kappa shape index (κ1) is 12.7. The van der Waals surface area contributed by atoms with E-state index in [1.165, 1.54) is 10.9 Å². The van der Waals surface area contributed by atoms with Crippen LogP contribution in [0.25, 0.3) is 10.9 Å². The number of carbonyl (C=O) groups is 1. The van der Waals surface area contributed by atoms with Crippen LogP contribution in [-0.2, 0) is 11.3 Å². The summed E-state index contributed by atoms with van der Waals surface area (Å²) in [5, 5.41) is 1.20. The topological polar surface area (TPSA) is 36.1 Å². The summed E-state index contributed by atoms with van der Waals surface area (Å²) in [6, 6.07) is 8.17. The standard InChI is InChI=1S/C15H20N2O/c1-11(2)8-15(18)17(3)10-12-9-16-14-7-5-4-6-13(12)14/h4-7,9,11,16H,8,10H2,1-3H3. The molecular formula is C15H20N2O. The Balaban J connectivity index is 2.11. The zero-order chi connectivity index (χ0) is 13.1. The van der Waals surface area contributed by atoms with Crippen LogP contribution in [-0.4, -0.2) is 22.8 Å². The van der Waals surface area contributed by atoms with Gasteiger partial charge in [-0.1, -0.05) is 32.0 Å². The van der Waals surface area contributed by atoms with Gasteiger partial charge in [-0.3, -0.25) is 4.79 Å². The number of rotatable bonds is 4. The van der Waals surface area contributed by atoms with Crippen molar-refractivity contribution >= 4 is 16.8 Å². The van der Waals surface area contributed by atoms with Crippen LogP contribution < -0.4 is 0 Å². The summed E-state index contributed by atoms with van der Waals surface area (Å²) < 4.78 is 0. The molecule has 3 nitrogen and oxygen atoms in total. The minimum atomic E-state index is 0.204. The monoisotopic (exact) mass is 244 g/mol. The highest BCUT2D eigenvalue weighted by Crippen LogP contribution is 2.19. The number of carbonyl (C=O) groups excluding carboxylic acids is 1. The molecule has 0 unspecified atom stereocenters. The number of aromatic nitrogens is 1. The first-order chi connectivity index (χ1) is 8.58. The Morgan fingerprint density at radius 2 is 2.06 bits per heavy atom. The second-order valence-electron chi connectivity index (χ2n) is 5.21. The van der Waals surface area contributed by atoms with Gasteiger partial charge in [-0.2, -0.15) is 0 Å².